The summed E-state index contributed by atoms with van der Waals surface area (Å²) in [7, 11) is 0. The summed E-state index contributed by atoms with van der Waals surface area (Å²) in [6, 6.07) is 1.75. The Hall–Kier alpha value is -1.01. The Balaban J connectivity index is 2.33. The van der Waals surface area contributed by atoms with Gasteiger partial charge in [-0.15, -0.1) is 0 Å². The van der Waals surface area contributed by atoms with E-state index in [1.807, 2.05) is 11.8 Å². The zero-order valence-electron chi connectivity index (χ0n) is 10.3. The van der Waals surface area contributed by atoms with Gasteiger partial charge in [0.25, 0.3) is 5.56 Å². The van der Waals surface area contributed by atoms with E-state index in [0.717, 1.165) is 18.1 Å². The van der Waals surface area contributed by atoms with E-state index in [1.54, 1.807) is 0 Å². The molecule has 0 aliphatic heterocycles. The van der Waals surface area contributed by atoms with E-state index in [0.29, 0.717) is 18.3 Å². The number of nitrogen functional groups attached to an aromatic ring is 1. The topological polar surface area (TPSA) is 83.8 Å². The van der Waals surface area contributed by atoms with Crippen LogP contribution in [0.3, 0.4) is 0 Å². The number of hydrogen-bond acceptors (Lipinski definition) is 5. The second-order valence-electron chi connectivity index (χ2n) is 3.88. The minimum Gasteiger partial charge on any atom is -0.383 e. The van der Waals surface area contributed by atoms with Gasteiger partial charge in [0.1, 0.15) is 11.6 Å². The SMILES string of the molecule is CCSC[C@@H](C)NCCc1nc(N)cc(=O)[nH]1. The predicted molar refractivity (Wildman–Crippen MR) is 73.4 cm³/mol. The van der Waals surface area contributed by atoms with Gasteiger partial charge in [0.15, 0.2) is 0 Å². The lowest BCUT2D eigenvalue weighted by atomic mass is 10.3. The van der Waals surface area contributed by atoms with Crippen LogP contribution in [0.1, 0.15) is 19.7 Å². The predicted octanol–water partition coefficient (Wildman–Crippen LogP) is 0.626. The van der Waals surface area contributed by atoms with Gasteiger partial charge in [0.05, 0.1) is 0 Å². The smallest absolute Gasteiger partial charge is 0.252 e. The fourth-order valence-corrected chi connectivity index (χ4v) is 2.14. The largest absolute Gasteiger partial charge is 0.383 e. The highest BCUT2D eigenvalue weighted by atomic mass is 32.2. The molecule has 5 nitrogen and oxygen atoms in total. The summed E-state index contributed by atoms with van der Waals surface area (Å²) in [5, 5.41) is 3.38. The number of thioether (sulfide) groups is 1. The van der Waals surface area contributed by atoms with Crippen molar-refractivity contribution in [2.45, 2.75) is 26.3 Å². The van der Waals surface area contributed by atoms with Gasteiger partial charge in [-0.25, -0.2) is 4.98 Å². The molecule has 0 fully saturated rings. The second kappa shape index (κ2) is 7.34. The Morgan fingerprint density at radius 1 is 1.65 bits per heavy atom. The van der Waals surface area contributed by atoms with Crippen molar-refractivity contribution < 1.29 is 0 Å². The number of rotatable bonds is 7. The van der Waals surface area contributed by atoms with Crippen molar-refractivity contribution in [1.29, 1.82) is 0 Å². The lowest BCUT2D eigenvalue weighted by molar-refractivity contribution is 0.589. The number of nitrogens with zero attached hydrogens (tertiary/aromatic N) is 1. The van der Waals surface area contributed by atoms with Crippen LogP contribution in [0.5, 0.6) is 0 Å². The fourth-order valence-electron chi connectivity index (χ4n) is 1.44. The van der Waals surface area contributed by atoms with Crippen molar-refractivity contribution in [2.75, 3.05) is 23.8 Å². The van der Waals surface area contributed by atoms with Crippen LogP contribution in [0.4, 0.5) is 5.82 Å². The van der Waals surface area contributed by atoms with Gasteiger partial charge < -0.3 is 16.0 Å². The first kappa shape index (κ1) is 14.1. The molecule has 0 saturated heterocycles. The molecule has 0 aliphatic carbocycles. The molecule has 0 saturated carbocycles. The van der Waals surface area contributed by atoms with Crippen molar-refractivity contribution in [3.8, 4) is 0 Å². The fraction of sp³-hybridized carbons (Fsp3) is 0.636. The molecule has 0 aromatic carbocycles. The van der Waals surface area contributed by atoms with Crippen LogP contribution in [0, 0.1) is 0 Å². The second-order valence-corrected chi connectivity index (χ2v) is 5.20. The molecule has 17 heavy (non-hydrogen) atoms. The third-order valence-corrected chi connectivity index (χ3v) is 3.38. The summed E-state index contributed by atoms with van der Waals surface area (Å²) in [5.74, 6) is 3.14. The Kier molecular flexibility index (Phi) is 6.07. The third-order valence-electron chi connectivity index (χ3n) is 2.24. The van der Waals surface area contributed by atoms with E-state index in [2.05, 4.69) is 29.1 Å². The minimum atomic E-state index is -0.193. The number of aromatic nitrogens is 2. The number of nitrogens with one attached hydrogen (secondary N) is 2. The first-order chi connectivity index (χ1) is 8.11. The van der Waals surface area contributed by atoms with E-state index in [4.69, 9.17) is 5.73 Å². The molecule has 0 unspecified atom stereocenters. The zero-order valence-corrected chi connectivity index (χ0v) is 11.1. The maximum absolute atomic E-state index is 11.2. The van der Waals surface area contributed by atoms with Gasteiger partial charge in [-0.3, -0.25) is 4.79 Å². The van der Waals surface area contributed by atoms with E-state index < -0.39 is 0 Å². The average molecular weight is 256 g/mol. The lowest BCUT2D eigenvalue weighted by Crippen LogP contribution is -2.30. The maximum atomic E-state index is 11.2. The van der Waals surface area contributed by atoms with E-state index in [9.17, 15) is 4.79 Å². The maximum Gasteiger partial charge on any atom is 0.252 e. The van der Waals surface area contributed by atoms with Gasteiger partial charge in [0, 0.05) is 30.8 Å². The van der Waals surface area contributed by atoms with Crippen molar-refractivity contribution in [1.82, 2.24) is 15.3 Å². The van der Waals surface area contributed by atoms with E-state index >= 15 is 0 Å². The summed E-state index contributed by atoms with van der Waals surface area (Å²) in [6.07, 6.45) is 0.682. The number of hydrogen-bond donors (Lipinski definition) is 3. The van der Waals surface area contributed by atoms with Crippen LogP contribution >= 0.6 is 11.8 Å². The molecule has 4 N–H and O–H groups in total. The molecule has 1 atom stereocenters. The summed E-state index contributed by atoms with van der Waals surface area (Å²) in [6.45, 7) is 5.09. The van der Waals surface area contributed by atoms with Crippen LogP contribution in [-0.4, -0.2) is 34.1 Å². The summed E-state index contributed by atoms with van der Waals surface area (Å²) in [4.78, 5) is 17.9. The molecule has 0 spiro atoms. The Bertz CT molecular complexity index is 393. The molecule has 1 rings (SSSR count). The van der Waals surface area contributed by atoms with Crippen molar-refractivity contribution in [3.05, 3.63) is 22.2 Å². The molecule has 0 aliphatic rings. The highest BCUT2D eigenvalue weighted by Crippen LogP contribution is 2.01. The molecule has 0 radical (unpaired) electrons. The number of nitrogens with two attached hydrogens (primary N) is 1. The van der Waals surface area contributed by atoms with Crippen LogP contribution in [0.15, 0.2) is 10.9 Å². The Labute approximate surface area is 106 Å². The van der Waals surface area contributed by atoms with Crippen molar-refractivity contribution in [3.63, 3.8) is 0 Å². The van der Waals surface area contributed by atoms with Crippen LogP contribution in [-0.2, 0) is 6.42 Å². The monoisotopic (exact) mass is 256 g/mol. The van der Waals surface area contributed by atoms with Gasteiger partial charge >= 0.3 is 0 Å². The molecule has 1 aromatic heterocycles. The standard InChI is InChI=1S/C11H20N4OS/c1-3-17-7-8(2)13-5-4-10-14-9(12)6-11(16)15-10/h6,8,13H,3-5,7H2,1-2H3,(H3,12,14,15,16)/t8-/m1/s1. The van der Waals surface area contributed by atoms with Crippen LogP contribution < -0.4 is 16.6 Å². The average Bonchev–Trinajstić information content (AvgIpc) is 2.25. The number of aromatic amines is 1. The Morgan fingerprint density at radius 3 is 3.06 bits per heavy atom. The molecule has 6 heteroatoms. The van der Waals surface area contributed by atoms with E-state index in [-0.39, 0.29) is 11.4 Å². The summed E-state index contributed by atoms with van der Waals surface area (Å²) < 4.78 is 0. The highest BCUT2D eigenvalue weighted by Gasteiger charge is 2.02. The summed E-state index contributed by atoms with van der Waals surface area (Å²) in [5.41, 5.74) is 5.31. The van der Waals surface area contributed by atoms with Gasteiger partial charge in [0.2, 0.25) is 0 Å². The first-order valence-corrected chi connectivity index (χ1v) is 6.94. The minimum absolute atomic E-state index is 0.193. The third kappa shape index (κ3) is 5.74. The van der Waals surface area contributed by atoms with Gasteiger partial charge in [-0.1, -0.05) is 6.92 Å². The summed E-state index contributed by atoms with van der Waals surface area (Å²) >= 11 is 1.91. The molecular formula is C11H20N4OS. The molecular weight excluding hydrogens is 236 g/mol. The highest BCUT2D eigenvalue weighted by molar-refractivity contribution is 7.99. The van der Waals surface area contributed by atoms with Crippen molar-refractivity contribution >= 4 is 17.6 Å². The van der Waals surface area contributed by atoms with Crippen LogP contribution in [0.2, 0.25) is 0 Å². The molecule has 1 aromatic rings. The zero-order chi connectivity index (χ0) is 12.7. The van der Waals surface area contributed by atoms with E-state index in [1.165, 1.54) is 6.07 Å². The van der Waals surface area contributed by atoms with Gasteiger partial charge in [-0.05, 0) is 12.7 Å². The normalized spacial score (nSPS) is 12.6. The molecule has 0 bridgehead atoms. The molecule has 1 heterocycles. The van der Waals surface area contributed by atoms with Crippen molar-refractivity contribution in [2.24, 2.45) is 0 Å². The molecule has 0 amide bonds. The first-order valence-electron chi connectivity index (χ1n) is 5.78. The number of anilines is 1. The molecule has 96 valence electrons. The quantitative estimate of drug-likeness (QED) is 0.666. The Morgan fingerprint density at radius 2 is 2.41 bits per heavy atom. The van der Waals surface area contributed by atoms with Crippen LogP contribution in [0.25, 0.3) is 0 Å². The van der Waals surface area contributed by atoms with Gasteiger partial charge in [-0.2, -0.15) is 11.8 Å². The number of H-pyrrole nitrogens is 1. The lowest BCUT2D eigenvalue weighted by Gasteiger charge is -2.12.